The third-order valence-corrected chi connectivity index (χ3v) is 4.27. The van der Waals surface area contributed by atoms with E-state index in [4.69, 9.17) is 10.5 Å². The number of carbonyl (C=O) groups is 2. The summed E-state index contributed by atoms with van der Waals surface area (Å²) in [6, 6.07) is 2.34. The van der Waals surface area contributed by atoms with E-state index in [9.17, 15) is 9.59 Å². The number of ether oxygens (including phenoxy) is 1. The van der Waals surface area contributed by atoms with Crippen LogP contribution in [0.2, 0.25) is 0 Å². The van der Waals surface area contributed by atoms with E-state index >= 15 is 0 Å². The number of methoxy groups -OCH3 is 1. The molecule has 0 unspecified atom stereocenters. The van der Waals surface area contributed by atoms with Crippen LogP contribution < -0.4 is 20.7 Å². The lowest BCUT2D eigenvalue weighted by atomic mass is 9.85. The molecule has 1 aromatic rings. The second-order valence-electron chi connectivity index (χ2n) is 7.17. The number of piperazine rings is 1. The topological polar surface area (TPSA) is 101 Å². The second kappa shape index (κ2) is 7.58. The summed E-state index contributed by atoms with van der Waals surface area (Å²) >= 11 is 0. The summed E-state index contributed by atoms with van der Waals surface area (Å²) in [4.78, 5) is 32.3. The molecule has 2 heterocycles. The first-order chi connectivity index (χ1) is 11.7. The van der Waals surface area contributed by atoms with Crippen LogP contribution in [0.4, 0.5) is 10.6 Å². The molecule has 1 fully saturated rings. The number of anilines is 1. The molecule has 1 aliphatic rings. The lowest BCUT2D eigenvalue weighted by molar-refractivity contribution is -0.136. The van der Waals surface area contributed by atoms with Crippen molar-refractivity contribution in [2.24, 2.45) is 11.1 Å². The Balaban J connectivity index is 2.02. The van der Waals surface area contributed by atoms with Gasteiger partial charge in [0, 0.05) is 38.4 Å². The molecule has 0 aliphatic carbocycles. The van der Waals surface area contributed by atoms with E-state index in [2.05, 4.69) is 15.2 Å². The molecule has 1 aromatic heterocycles. The van der Waals surface area contributed by atoms with Gasteiger partial charge in [-0.15, -0.1) is 0 Å². The average molecular weight is 349 g/mol. The maximum absolute atomic E-state index is 12.8. The molecule has 138 valence electrons. The van der Waals surface area contributed by atoms with E-state index < -0.39 is 17.5 Å². The predicted octanol–water partition coefficient (Wildman–Crippen LogP) is 0.822. The van der Waals surface area contributed by atoms with Crippen molar-refractivity contribution in [2.75, 3.05) is 38.2 Å². The van der Waals surface area contributed by atoms with Crippen LogP contribution in [0.3, 0.4) is 0 Å². The summed E-state index contributed by atoms with van der Waals surface area (Å²) in [7, 11) is 1.62. The predicted molar refractivity (Wildman–Crippen MR) is 95.5 cm³/mol. The van der Waals surface area contributed by atoms with Crippen LogP contribution in [0.1, 0.15) is 20.8 Å². The number of nitrogens with two attached hydrogens (primary N) is 1. The smallest absolute Gasteiger partial charge is 0.312 e. The zero-order valence-electron chi connectivity index (χ0n) is 15.3. The van der Waals surface area contributed by atoms with Gasteiger partial charge < -0.3 is 25.6 Å². The summed E-state index contributed by atoms with van der Waals surface area (Å²) in [5, 5.41) is 2.58. The Morgan fingerprint density at radius 1 is 1.28 bits per heavy atom. The molecule has 3 amide bonds. The third kappa shape index (κ3) is 4.74. The number of amides is 3. The van der Waals surface area contributed by atoms with E-state index in [1.807, 2.05) is 26.8 Å². The number of hydrogen-bond donors (Lipinski definition) is 2. The first-order valence-corrected chi connectivity index (χ1v) is 8.32. The fraction of sp³-hybridized carbons (Fsp3) is 0.588. The average Bonchev–Trinajstić information content (AvgIpc) is 2.58. The molecule has 0 radical (unpaired) electrons. The van der Waals surface area contributed by atoms with Gasteiger partial charge in [0.1, 0.15) is 17.6 Å². The molecule has 8 nitrogen and oxygen atoms in total. The summed E-state index contributed by atoms with van der Waals surface area (Å²) in [5.41, 5.74) is 4.81. The van der Waals surface area contributed by atoms with E-state index in [1.165, 1.54) is 0 Å². The lowest BCUT2D eigenvalue weighted by Crippen LogP contribution is -2.59. The Morgan fingerprint density at radius 3 is 2.44 bits per heavy atom. The van der Waals surface area contributed by atoms with Crippen LogP contribution in [0, 0.1) is 5.41 Å². The Labute approximate surface area is 148 Å². The minimum atomic E-state index is -0.688. The van der Waals surface area contributed by atoms with Crippen LogP contribution in [0.25, 0.3) is 0 Å². The number of urea groups is 1. The maximum Gasteiger partial charge on any atom is 0.312 e. The molecule has 0 spiro atoms. The zero-order valence-corrected chi connectivity index (χ0v) is 15.3. The SMILES string of the molecule is COc1ccnc(N2CCN(C(=O)[C@@H](NC(N)=O)C(C)(C)C)CC2)c1. The first kappa shape index (κ1) is 18.8. The number of nitrogens with zero attached hydrogens (tertiary/aromatic N) is 3. The van der Waals surface area contributed by atoms with Gasteiger partial charge in [0.05, 0.1) is 7.11 Å². The molecule has 0 saturated carbocycles. The van der Waals surface area contributed by atoms with Crippen LogP contribution in [-0.2, 0) is 4.79 Å². The van der Waals surface area contributed by atoms with Crippen LogP contribution in [0.5, 0.6) is 5.75 Å². The quantitative estimate of drug-likeness (QED) is 0.838. The van der Waals surface area contributed by atoms with Gasteiger partial charge in [0.2, 0.25) is 5.91 Å². The highest BCUT2D eigenvalue weighted by Gasteiger charge is 2.36. The van der Waals surface area contributed by atoms with Crippen molar-refractivity contribution < 1.29 is 14.3 Å². The summed E-state index contributed by atoms with van der Waals surface area (Å²) in [5.74, 6) is 1.47. The summed E-state index contributed by atoms with van der Waals surface area (Å²) in [6.07, 6.45) is 1.71. The molecule has 0 aromatic carbocycles. The molecule has 2 rings (SSSR count). The van der Waals surface area contributed by atoms with Crippen LogP contribution in [0.15, 0.2) is 18.3 Å². The fourth-order valence-corrected chi connectivity index (χ4v) is 2.83. The van der Waals surface area contributed by atoms with Crippen molar-refractivity contribution in [1.82, 2.24) is 15.2 Å². The highest BCUT2D eigenvalue weighted by Crippen LogP contribution is 2.23. The van der Waals surface area contributed by atoms with Gasteiger partial charge in [-0.2, -0.15) is 0 Å². The van der Waals surface area contributed by atoms with Crippen molar-refractivity contribution >= 4 is 17.8 Å². The Bertz CT molecular complexity index is 621. The van der Waals surface area contributed by atoms with Gasteiger partial charge in [-0.3, -0.25) is 4.79 Å². The van der Waals surface area contributed by atoms with E-state index in [0.29, 0.717) is 26.2 Å². The number of nitrogens with one attached hydrogen (secondary N) is 1. The Hall–Kier alpha value is -2.51. The Kier molecular flexibility index (Phi) is 5.71. The minimum Gasteiger partial charge on any atom is -0.497 e. The van der Waals surface area contributed by atoms with Gasteiger partial charge in [-0.05, 0) is 11.5 Å². The molecule has 8 heteroatoms. The molecule has 0 bridgehead atoms. The highest BCUT2D eigenvalue weighted by atomic mass is 16.5. The molecule has 3 N–H and O–H groups in total. The van der Waals surface area contributed by atoms with Crippen molar-refractivity contribution in [3.8, 4) is 5.75 Å². The standard InChI is InChI=1S/C17H27N5O3/c1-17(2,3)14(20-16(18)24)15(23)22-9-7-21(8-10-22)13-11-12(25-4)5-6-19-13/h5-6,11,14H,7-10H2,1-4H3,(H3,18,20,24)/t14-/m1/s1. The monoisotopic (exact) mass is 349 g/mol. The number of rotatable bonds is 4. The number of primary amides is 1. The van der Waals surface area contributed by atoms with Crippen molar-refractivity contribution in [1.29, 1.82) is 0 Å². The van der Waals surface area contributed by atoms with Crippen molar-refractivity contribution in [3.05, 3.63) is 18.3 Å². The molecule has 1 aliphatic heterocycles. The third-order valence-electron chi connectivity index (χ3n) is 4.27. The molecular formula is C17H27N5O3. The van der Waals surface area contributed by atoms with Gasteiger partial charge in [0.25, 0.3) is 0 Å². The summed E-state index contributed by atoms with van der Waals surface area (Å²) < 4.78 is 5.23. The van der Waals surface area contributed by atoms with Gasteiger partial charge in [-0.25, -0.2) is 9.78 Å². The lowest BCUT2D eigenvalue weighted by Gasteiger charge is -2.39. The van der Waals surface area contributed by atoms with Gasteiger partial charge in [0.15, 0.2) is 0 Å². The molecule has 1 atom stereocenters. The number of pyridine rings is 1. The Morgan fingerprint density at radius 2 is 1.92 bits per heavy atom. The first-order valence-electron chi connectivity index (χ1n) is 8.32. The van der Waals surface area contributed by atoms with Crippen molar-refractivity contribution in [3.63, 3.8) is 0 Å². The highest BCUT2D eigenvalue weighted by molar-refractivity contribution is 5.87. The number of carbonyl (C=O) groups excluding carboxylic acids is 2. The molecule has 25 heavy (non-hydrogen) atoms. The largest absolute Gasteiger partial charge is 0.497 e. The fourth-order valence-electron chi connectivity index (χ4n) is 2.83. The number of aromatic nitrogens is 1. The minimum absolute atomic E-state index is 0.107. The van der Waals surface area contributed by atoms with Crippen LogP contribution in [-0.4, -0.2) is 61.2 Å². The second-order valence-corrected chi connectivity index (χ2v) is 7.17. The number of hydrogen-bond acceptors (Lipinski definition) is 5. The van der Waals surface area contributed by atoms with Gasteiger partial charge in [-0.1, -0.05) is 20.8 Å². The van der Waals surface area contributed by atoms with E-state index in [1.54, 1.807) is 24.3 Å². The van der Waals surface area contributed by atoms with E-state index in [-0.39, 0.29) is 5.91 Å². The molecular weight excluding hydrogens is 322 g/mol. The van der Waals surface area contributed by atoms with Gasteiger partial charge >= 0.3 is 6.03 Å². The van der Waals surface area contributed by atoms with Crippen LogP contribution >= 0.6 is 0 Å². The normalized spacial score (nSPS) is 16.3. The summed E-state index contributed by atoms with van der Waals surface area (Å²) in [6.45, 7) is 8.17. The molecule has 1 saturated heterocycles. The van der Waals surface area contributed by atoms with Crippen molar-refractivity contribution in [2.45, 2.75) is 26.8 Å². The zero-order chi connectivity index (χ0) is 18.6. The van der Waals surface area contributed by atoms with E-state index in [0.717, 1.165) is 11.6 Å². The maximum atomic E-state index is 12.8.